The molecule has 1 aromatic carbocycles. The van der Waals surface area contributed by atoms with E-state index in [4.69, 9.17) is 5.26 Å². The van der Waals surface area contributed by atoms with E-state index in [-0.39, 0.29) is 10.9 Å². The Hall–Kier alpha value is -2.02. The molecule has 0 saturated carbocycles. The quantitative estimate of drug-likeness (QED) is 0.639. The van der Waals surface area contributed by atoms with E-state index in [9.17, 15) is 8.78 Å². The van der Waals surface area contributed by atoms with Crippen LogP contribution in [0.1, 0.15) is 5.56 Å². The molecule has 1 aromatic heterocycles. The van der Waals surface area contributed by atoms with Gasteiger partial charge in [-0.05, 0) is 12.1 Å². The highest BCUT2D eigenvalue weighted by molar-refractivity contribution is 5.87. The average molecular weight is 190 g/mol. The molecule has 2 rings (SSSR count). The Morgan fingerprint density at radius 1 is 1.14 bits per heavy atom. The summed E-state index contributed by atoms with van der Waals surface area (Å²) in [6.45, 7) is 0. The van der Waals surface area contributed by atoms with Gasteiger partial charge in [-0.3, -0.25) is 4.98 Å². The third kappa shape index (κ3) is 1.11. The number of hydrogen-bond acceptors (Lipinski definition) is 2. The molecule has 0 aliphatic carbocycles. The maximum Gasteiger partial charge on any atom is 0.168 e. The first-order valence-electron chi connectivity index (χ1n) is 3.86. The smallest absolute Gasteiger partial charge is 0.168 e. The normalized spacial score (nSPS) is 10.1. The summed E-state index contributed by atoms with van der Waals surface area (Å²) in [5.41, 5.74) is 0.237. The van der Waals surface area contributed by atoms with Crippen molar-refractivity contribution in [1.29, 1.82) is 5.26 Å². The summed E-state index contributed by atoms with van der Waals surface area (Å²) in [5.74, 6) is -1.90. The van der Waals surface area contributed by atoms with Crippen molar-refractivity contribution in [2.24, 2.45) is 0 Å². The molecule has 1 heterocycles. The van der Waals surface area contributed by atoms with Crippen molar-refractivity contribution in [1.82, 2.24) is 4.98 Å². The molecule has 14 heavy (non-hydrogen) atoms. The van der Waals surface area contributed by atoms with Gasteiger partial charge in [0.15, 0.2) is 11.6 Å². The van der Waals surface area contributed by atoms with Gasteiger partial charge in [-0.15, -0.1) is 0 Å². The fourth-order valence-electron chi connectivity index (χ4n) is 1.27. The summed E-state index contributed by atoms with van der Waals surface area (Å²) in [5, 5.41) is 9.10. The van der Waals surface area contributed by atoms with Crippen LogP contribution in [-0.4, -0.2) is 4.98 Å². The minimum Gasteiger partial charge on any atom is -0.263 e. The largest absolute Gasteiger partial charge is 0.263 e. The monoisotopic (exact) mass is 190 g/mol. The van der Waals surface area contributed by atoms with Crippen molar-refractivity contribution in [3.05, 3.63) is 41.7 Å². The molecule has 0 fully saturated rings. The summed E-state index contributed by atoms with van der Waals surface area (Å²) < 4.78 is 26.0. The van der Waals surface area contributed by atoms with E-state index in [2.05, 4.69) is 4.98 Å². The SMILES string of the molecule is N#Cc1cncc2c(F)c(F)ccc12. The molecular weight excluding hydrogens is 186 g/mol. The molecule has 0 amide bonds. The van der Waals surface area contributed by atoms with Gasteiger partial charge < -0.3 is 0 Å². The first kappa shape index (κ1) is 8.57. The second kappa shape index (κ2) is 3.04. The van der Waals surface area contributed by atoms with Gasteiger partial charge in [-0.25, -0.2) is 8.78 Å². The lowest BCUT2D eigenvalue weighted by atomic mass is 10.1. The molecule has 0 radical (unpaired) electrons. The molecule has 0 spiro atoms. The number of fused-ring (bicyclic) bond motifs is 1. The van der Waals surface area contributed by atoms with Crippen LogP contribution in [0, 0.1) is 23.0 Å². The topological polar surface area (TPSA) is 36.7 Å². The first-order valence-corrected chi connectivity index (χ1v) is 3.86. The molecule has 0 aliphatic rings. The Labute approximate surface area is 78.4 Å². The Bertz CT molecular complexity index is 544. The van der Waals surface area contributed by atoms with Gasteiger partial charge in [0.1, 0.15) is 6.07 Å². The van der Waals surface area contributed by atoms with E-state index < -0.39 is 11.6 Å². The second-order valence-corrected chi connectivity index (χ2v) is 2.76. The van der Waals surface area contributed by atoms with Crippen molar-refractivity contribution in [3.8, 4) is 6.07 Å². The zero-order chi connectivity index (χ0) is 10.1. The van der Waals surface area contributed by atoms with Crippen LogP contribution < -0.4 is 0 Å². The molecule has 0 bridgehead atoms. The van der Waals surface area contributed by atoms with E-state index in [1.807, 2.05) is 6.07 Å². The highest BCUT2D eigenvalue weighted by atomic mass is 19.2. The van der Waals surface area contributed by atoms with Crippen LogP contribution >= 0.6 is 0 Å². The standard InChI is InChI=1S/C10H4F2N2/c11-9-2-1-7-6(3-13)4-14-5-8(7)10(9)12/h1-2,4-5H. The Morgan fingerprint density at radius 2 is 1.93 bits per heavy atom. The Balaban J connectivity index is 2.95. The maximum absolute atomic E-state index is 13.2. The number of nitriles is 1. The minimum atomic E-state index is -0.966. The number of hydrogen-bond donors (Lipinski definition) is 0. The van der Waals surface area contributed by atoms with Crippen LogP contribution in [0.2, 0.25) is 0 Å². The first-order chi connectivity index (χ1) is 6.74. The number of pyridine rings is 1. The van der Waals surface area contributed by atoms with E-state index in [0.29, 0.717) is 5.39 Å². The predicted molar refractivity (Wildman–Crippen MR) is 46.4 cm³/mol. The number of aromatic nitrogens is 1. The van der Waals surface area contributed by atoms with Crippen molar-refractivity contribution < 1.29 is 8.78 Å². The van der Waals surface area contributed by atoms with Gasteiger partial charge >= 0.3 is 0 Å². The molecule has 0 N–H and O–H groups in total. The van der Waals surface area contributed by atoms with Crippen molar-refractivity contribution in [3.63, 3.8) is 0 Å². The van der Waals surface area contributed by atoms with Crippen LogP contribution in [0.4, 0.5) is 8.78 Å². The molecule has 2 aromatic rings. The predicted octanol–water partition coefficient (Wildman–Crippen LogP) is 2.38. The van der Waals surface area contributed by atoms with Crippen LogP contribution in [0.5, 0.6) is 0 Å². The summed E-state index contributed by atoms with van der Waals surface area (Å²) in [4.78, 5) is 3.66. The molecule has 0 atom stereocenters. The molecule has 2 nitrogen and oxygen atoms in total. The van der Waals surface area contributed by atoms with Crippen LogP contribution in [0.25, 0.3) is 10.8 Å². The van der Waals surface area contributed by atoms with E-state index >= 15 is 0 Å². The average Bonchev–Trinajstić information content (AvgIpc) is 2.23. The molecule has 4 heteroatoms. The van der Waals surface area contributed by atoms with Gasteiger partial charge in [-0.1, -0.05) is 0 Å². The van der Waals surface area contributed by atoms with Crippen molar-refractivity contribution >= 4 is 10.8 Å². The Kier molecular flexibility index (Phi) is 1.86. The molecule has 0 aliphatic heterocycles. The minimum absolute atomic E-state index is 0.0315. The summed E-state index contributed by atoms with van der Waals surface area (Å²) in [6.07, 6.45) is 2.52. The molecule has 68 valence electrons. The number of benzene rings is 1. The van der Waals surface area contributed by atoms with Crippen molar-refractivity contribution in [2.75, 3.05) is 0 Å². The fraction of sp³-hybridized carbons (Fsp3) is 0. The number of rotatable bonds is 0. The third-order valence-corrected chi connectivity index (χ3v) is 1.95. The number of halogens is 2. The summed E-state index contributed by atoms with van der Waals surface area (Å²) >= 11 is 0. The highest BCUT2D eigenvalue weighted by Gasteiger charge is 2.09. The van der Waals surface area contributed by atoms with Crippen molar-refractivity contribution in [2.45, 2.75) is 0 Å². The maximum atomic E-state index is 13.2. The lowest BCUT2D eigenvalue weighted by Crippen LogP contribution is -1.89. The van der Waals surface area contributed by atoms with Gasteiger partial charge in [0.2, 0.25) is 0 Å². The summed E-state index contributed by atoms with van der Waals surface area (Å²) in [6, 6.07) is 4.23. The summed E-state index contributed by atoms with van der Waals surface area (Å²) in [7, 11) is 0. The second-order valence-electron chi connectivity index (χ2n) is 2.76. The molecular formula is C10H4F2N2. The number of nitrogens with zero attached hydrogens (tertiary/aromatic N) is 2. The van der Waals surface area contributed by atoms with E-state index in [1.165, 1.54) is 18.5 Å². The zero-order valence-corrected chi connectivity index (χ0v) is 6.96. The fourth-order valence-corrected chi connectivity index (χ4v) is 1.27. The molecule has 0 saturated heterocycles. The Morgan fingerprint density at radius 3 is 2.64 bits per heavy atom. The van der Waals surface area contributed by atoms with Gasteiger partial charge in [0.25, 0.3) is 0 Å². The lowest BCUT2D eigenvalue weighted by Gasteiger charge is -2.00. The lowest BCUT2D eigenvalue weighted by molar-refractivity contribution is 0.517. The van der Waals surface area contributed by atoms with Crippen LogP contribution in [0.15, 0.2) is 24.5 Å². The van der Waals surface area contributed by atoms with Gasteiger partial charge in [-0.2, -0.15) is 5.26 Å². The van der Waals surface area contributed by atoms with Gasteiger partial charge in [0, 0.05) is 23.2 Å². The van der Waals surface area contributed by atoms with Crippen LogP contribution in [-0.2, 0) is 0 Å². The van der Waals surface area contributed by atoms with Gasteiger partial charge in [0.05, 0.1) is 5.56 Å². The third-order valence-electron chi connectivity index (χ3n) is 1.95. The zero-order valence-electron chi connectivity index (χ0n) is 6.96. The highest BCUT2D eigenvalue weighted by Crippen LogP contribution is 2.21. The molecule has 0 unspecified atom stereocenters. The van der Waals surface area contributed by atoms with E-state index in [1.54, 1.807) is 0 Å². The van der Waals surface area contributed by atoms with Crippen LogP contribution in [0.3, 0.4) is 0 Å². The van der Waals surface area contributed by atoms with E-state index in [0.717, 1.165) is 6.07 Å².